The molecule has 136 valence electrons. The molecule has 2 saturated heterocycles. The first-order chi connectivity index (χ1) is 12.7. The van der Waals surface area contributed by atoms with Gasteiger partial charge in [0.2, 0.25) is 0 Å². The first-order valence-corrected chi connectivity index (χ1v) is 10.1. The summed E-state index contributed by atoms with van der Waals surface area (Å²) >= 11 is 1.41. The van der Waals surface area contributed by atoms with Gasteiger partial charge in [0.15, 0.2) is 0 Å². The van der Waals surface area contributed by atoms with E-state index < -0.39 is 0 Å². The number of nitrogens with one attached hydrogen (secondary N) is 1. The fourth-order valence-corrected chi connectivity index (χ4v) is 4.33. The van der Waals surface area contributed by atoms with Crippen LogP contribution in [0.25, 0.3) is 0 Å². The van der Waals surface area contributed by atoms with Crippen molar-refractivity contribution >= 4 is 34.5 Å². The zero-order valence-corrected chi connectivity index (χ0v) is 15.6. The summed E-state index contributed by atoms with van der Waals surface area (Å²) in [4.78, 5) is 30.3. The third kappa shape index (κ3) is 3.46. The van der Waals surface area contributed by atoms with Gasteiger partial charge in [-0.2, -0.15) is 0 Å². The average Bonchev–Trinajstić information content (AvgIpc) is 3.44. The Kier molecular flexibility index (Phi) is 4.93. The number of carbonyl (C=O) groups is 2. The molecule has 2 aliphatic rings. The molecule has 1 aromatic carbocycles. The van der Waals surface area contributed by atoms with Crippen molar-refractivity contribution < 1.29 is 9.59 Å². The number of thiophene rings is 1. The van der Waals surface area contributed by atoms with Gasteiger partial charge in [0, 0.05) is 37.6 Å². The van der Waals surface area contributed by atoms with Crippen molar-refractivity contribution in [3.05, 3.63) is 46.2 Å². The Morgan fingerprint density at radius 1 is 0.962 bits per heavy atom. The third-order valence-corrected chi connectivity index (χ3v) is 5.94. The molecule has 4 rings (SSSR count). The quantitative estimate of drug-likeness (QED) is 0.891. The molecule has 2 aromatic rings. The van der Waals surface area contributed by atoms with Crippen molar-refractivity contribution in [1.29, 1.82) is 0 Å². The number of hydrogen-bond donors (Lipinski definition) is 1. The Bertz CT molecular complexity index is 791. The topological polar surface area (TPSA) is 52.7 Å². The fraction of sp³-hybridized carbons (Fsp3) is 0.400. The number of anilines is 2. The zero-order chi connectivity index (χ0) is 17.9. The summed E-state index contributed by atoms with van der Waals surface area (Å²) in [6, 6.07) is 9.39. The molecule has 2 amide bonds. The molecule has 2 aliphatic heterocycles. The number of amides is 2. The van der Waals surface area contributed by atoms with E-state index in [0.29, 0.717) is 16.1 Å². The summed E-state index contributed by atoms with van der Waals surface area (Å²) in [6.45, 7) is 3.62. The van der Waals surface area contributed by atoms with Crippen LogP contribution in [0.1, 0.15) is 45.7 Å². The van der Waals surface area contributed by atoms with Crippen LogP contribution in [0.3, 0.4) is 0 Å². The van der Waals surface area contributed by atoms with E-state index in [1.165, 1.54) is 11.3 Å². The SMILES string of the molecule is O=C(Nc1ccc(N2CCCC2)c(C(=O)N2CCCC2)c1)c1cccs1. The van der Waals surface area contributed by atoms with Crippen LogP contribution in [-0.2, 0) is 0 Å². The molecule has 0 saturated carbocycles. The van der Waals surface area contributed by atoms with Crippen LogP contribution in [0.2, 0.25) is 0 Å². The minimum absolute atomic E-state index is 0.0802. The lowest BCUT2D eigenvalue weighted by atomic mass is 10.1. The highest BCUT2D eigenvalue weighted by molar-refractivity contribution is 7.12. The molecule has 0 unspecified atom stereocenters. The fourth-order valence-electron chi connectivity index (χ4n) is 3.71. The summed E-state index contributed by atoms with van der Waals surface area (Å²) in [6.07, 6.45) is 4.46. The van der Waals surface area contributed by atoms with Crippen LogP contribution in [0.4, 0.5) is 11.4 Å². The van der Waals surface area contributed by atoms with Gasteiger partial charge >= 0.3 is 0 Å². The van der Waals surface area contributed by atoms with E-state index in [2.05, 4.69) is 10.2 Å². The van der Waals surface area contributed by atoms with E-state index in [1.54, 1.807) is 6.07 Å². The van der Waals surface area contributed by atoms with Gasteiger partial charge < -0.3 is 15.1 Å². The molecule has 1 aromatic heterocycles. The van der Waals surface area contributed by atoms with Crippen LogP contribution in [0.15, 0.2) is 35.7 Å². The normalized spacial score (nSPS) is 16.9. The maximum absolute atomic E-state index is 13.1. The number of likely N-dealkylation sites (tertiary alicyclic amines) is 1. The number of hydrogen-bond acceptors (Lipinski definition) is 4. The lowest BCUT2D eigenvalue weighted by Gasteiger charge is -2.24. The monoisotopic (exact) mass is 369 g/mol. The summed E-state index contributed by atoms with van der Waals surface area (Å²) in [5.74, 6) is -0.0508. The molecule has 5 nitrogen and oxygen atoms in total. The molecule has 0 bridgehead atoms. The van der Waals surface area contributed by atoms with Gasteiger partial charge in [-0.3, -0.25) is 9.59 Å². The van der Waals surface area contributed by atoms with Crippen LogP contribution < -0.4 is 10.2 Å². The highest BCUT2D eigenvalue weighted by atomic mass is 32.1. The van der Waals surface area contributed by atoms with Crippen LogP contribution >= 0.6 is 11.3 Å². The smallest absolute Gasteiger partial charge is 0.265 e. The van der Waals surface area contributed by atoms with Gasteiger partial charge in [0.1, 0.15) is 0 Å². The van der Waals surface area contributed by atoms with Crippen molar-refractivity contribution in [2.75, 3.05) is 36.4 Å². The molecule has 6 heteroatoms. The van der Waals surface area contributed by atoms with Crippen molar-refractivity contribution in [3.63, 3.8) is 0 Å². The lowest BCUT2D eigenvalue weighted by Crippen LogP contribution is -2.30. The van der Waals surface area contributed by atoms with Crippen molar-refractivity contribution in [2.45, 2.75) is 25.7 Å². The van der Waals surface area contributed by atoms with E-state index in [-0.39, 0.29) is 11.8 Å². The number of carbonyl (C=O) groups excluding carboxylic acids is 2. The van der Waals surface area contributed by atoms with Gasteiger partial charge in [-0.05, 0) is 55.3 Å². The average molecular weight is 369 g/mol. The molecular formula is C20H23N3O2S. The Morgan fingerprint density at radius 3 is 2.38 bits per heavy atom. The molecule has 1 N–H and O–H groups in total. The second kappa shape index (κ2) is 7.50. The summed E-state index contributed by atoms with van der Waals surface area (Å²) in [7, 11) is 0. The van der Waals surface area contributed by atoms with Crippen LogP contribution in [0, 0.1) is 0 Å². The highest BCUT2D eigenvalue weighted by Crippen LogP contribution is 2.30. The predicted molar refractivity (Wildman–Crippen MR) is 105 cm³/mol. The van der Waals surface area contributed by atoms with Gasteiger partial charge in [0.05, 0.1) is 10.4 Å². The Morgan fingerprint density at radius 2 is 1.69 bits per heavy atom. The van der Waals surface area contributed by atoms with Crippen molar-refractivity contribution in [3.8, 4) is 0 Å². The zero-order valence-electron chi connectivity index (χ0n) is 14.7. The predicted octanol–water partition coefficient (Wildman–Crippen LogP) is 3.84. The van der Waals surface area contributed by atoms with Crippen molar-refractivity contribution in [1.82, 2.24) is 4.90 Å². The number of nitrogens with zero attached hydrogens (tertiary/aromatic N) is 2. The molecule has 0 spiro atoms. The van der Waals surface area contributed by atoms with Gasteiger partial charge in [-0.1, -0.05) is 6.07 Å². The molecule has 2 fully saturated rings. The minimum Gasteiger partial charge on any atom is -0.371 e. The second-order valence-electron chi connectivity index (χ2n) is 6.86. The van der Waals surface area contributed by atoms with Gasteiger partial charge in [-0.15, -0.1) is 11.3 Å². The van der Waals surface area contributed by atoms with E-state index in [9.17, 15) is 9.59 Å². The summed E-state index contributed by atoms with van der Waals surface area (Å²) in [5.41, 5.74) is 2.38. The molecule has 3 heterocycles. The van der Waals surface area contributed by atoms with Gasteiger partial charge in [-0.25, -0.2) is 0 Å². The largest absolute Gasteiger partial charge is 0.371 e. The first kappa shape index (κ1) is 17.1. The van der Waals surface area contributed by atoms with E-state index >= 15 is 0 Å². The number of rotatable bonds is 4. The highest BCUT2D eigenvalue weighted by Gasteiger charge is 2.25. The Labute approximate surface area is 157 Å². The molecule has 0 aliphatic carbocycles. The Hall–Kier alpha value is -2.34. The molecule has 26 heavy (non-hydrogen) atoms. The maximum atomic E-state index is 13.1. The van der Waals surface area contributed by atoms with Crippen LogP contribution in [0.5, 0.6) is 0 Å². The first-order valence-electron chi connectivity index (χ1n) is 9.25. The molecular weight excluding hydrogens is 346 g/mol. The molecule has 0 atom stereocenters. The second-order valence-corrected chi connectivity index (χ2v) is 7.80. The van der Waals surface area contributed by atoms with Crippen LogP contribution in [-0.4, -0.2) is 42.9 Å². The van der Waals surface area contributed by atoms with E-state index in [4.69, 9.17) is 0 Å². The molecule has 0 radical (unpaired) electrons. The maximum Gasteiger partial charge on any atom is 0.265 e. The third-order valence-electron chi connectivity index (χ3n) is 5.07. The summed E-state index contributed by atoms with van der Waals surface area (Å²) < 4.78 is 0. The summed E-state index contributed by atoms with van der Waals surface area (Å²) in [5, 5.41) is 4.81. The number of benzene rings is 1. The van der Waals surface area contributed by atoms with E-state index in [0.717, 1.165) is 57.5 Å². The van der Waals surface area contributed by atoms with Crippen molar-refractivity contribution in [2.24, 2.45) is 0 Å². The van der Waals surface area contributed by atoms with Gasteiger partial charge in [0.25, 0.3) is 11.8 Å². The minimum atomic E-state index is -0.131. The Balaban J connectivity index is 1.63. The van der Waals surface area contributed by atoms with E-state index in [1.807, 2.05) is 34.5 Å². The lowest BCUT2D eigenvalue weighted by molar-refractivity contribution is 0.0793. The standard InChI is InChI=1S/C20H23N3O2S/c24-19(18-6-5-13-26-18)21-15-7-8-17(22-9-1-2-10-22)16(14-15)20(25)23-11-3-4-12-23/h5-8,13-14H,1-4,9-12H2,(H,21,24).